The molecule has 0 atom stereocenters. The van der Waals surface area contributed by atoms with Crippen LogP contribution in [0.2, 0.25) is 0 Å². The van der Waals surface area contributed by atoms with Crippen LogP contribution in [0.15, 0.2) is 18.2 Å². The minimum atomic E-state index is 0.236. The molecule has 3 heteroatoms. The fourth-order valence-corrected chi connectivity index (χ4v) is 3.65. The number of rotatable bonds is 3. The van der Waals surface area contributed by atoms with Gasteiger partial charge in [0.15, 0.2) is 0 Å². The molecule has 1 aliphatic carbocycles. The number of benzene rings is 1. The molecule has 1 N–H and O–H groups in total. The molecule has 2 aliphatic rings. The van der Waals surface area contributed by atoms with E-state index >= 15 is 0 Å². The molecule has 0 spiro atoms. The Morgan fingerprint density at radius 1 is 1.30 bits per heavy atom. The standard InChI is InChI=1S/C17H24N2O/c1-2-19(13-7-3-4-8-13)17(20)15-9-5-11-16-14(15)10-6-12-18-16/h5,9,11,13,18H,2-4,6-8,10,12H2,1H3. The number of anilines is 1. The molecule has 1 aromatic carbocycles. The third kappa shape index (κ3) is 2.41. The molecule has 0 saturated heterocycles. The van der Waals surface area contributed by atoms with Crippen LogP contribution < -0.4 is 5.32 Å². The topological polar surface area (TPSA) is 32.3 Å². The summed E-state index contributed by atoms with van der Waals surface area (Å²) in [4.78, 5) is 15.0. The minimum absolute atomic E-state index is 0.236. The Balaban J connectivity index is 1.89. The van der Waals surface area contributed by atoms with Crippen LogP contribution in [-0.2, 0) is 6.42 Å². The van der Waals surface area contributed by atoms with Crippen molar-refractivity contribution in [1.82, 2.24) is 4.90 Å². The van der Waals surface area contributed by atoms with Crippen molar-refractivity contribution in [3.8, 4) is 0 Å². The molecule has 3 rings (SSSR count). The van der Waals surface area contributed by atoms with Crippen molar-refractivity contribution in [2.45, 2.75) is 51.5 Å². The second-order valence-corrected chi connectivity index (χ2v) is 5.89. The molecule has 0 unspecified atom stereocenters. The Morgan fingerprint density at radius 2 is 2.10 bits per heavy atom. The first-order chi connectivity index (χ1) is 9.81. The first kappa shape index (κ1) is 13.5. The van der Waals surface area contributed by atoms with Gasteiger partial charge in [0.1, 0.15) is 0 Å². The Morgan fingerprint density at radius 3 is 2.85 bits per heavy atom. The molecule has 0 bridgehead atoms. The van der Waals surface area contributed by atoms with Crippen LogP contribution in [-0.4, -0.2) is 29.9 Å². The van der Waals surface area contributed by atoms with Gasteiger partial charge in [0.2, 0.25) is 0 Å². The lowest BCUT2D eigenvalue weighted by atomic mass is 9.96. The molecule has 1 amide bonds. The molecule has 108 valence electrons. The first-order valence-electron chi connectivity index (χ1n) is 7.98. The van der Waals surface area contributed by atoms with Crippen LogP contribution in [0.5, 0.6) is 0 Å². The van der Waals surface area contributed by atoms with Gasteiger partial charge >= 0.3 is 0 Å². The maximum atomic E-state index is 12.9. The number of nitrogens with zero attached hydrogens (tertiary/aromatic N) is 1. The predicted octanol–water partition coefficient (Wildman–Crippen LogP) is 3.45. The van der Waals surface area contributed by atoms with Crippen LogP contribution in [0.3, 0.4) is 0 Å². The van der Waals surface area contributed by atoms with Gasteiger partial charge in [-0.1, -0.05) is 18.9 Å². The fourth-order valence-electron chi connectivity index (χ4n) is 3.65. The zero-order chi connectivity index (χ0) is 13.9. The SMILES string of the molecule is CCN(C(=O)c1cccc2c1CCCN2)C1CCCC1. The van der Waals surface area contributed by atoms with Gasteiger partial charge in [0.25, 0.3) is 5.91 Å². The third-order valence-electron chi connectivity index (χ3n) is 4.69. The summed E-state index contributed by atoms with van der Waals surface area (Å²) in [6, 6.07) is 6.57. The van der Waals surface area contributed by atoms with Gasteiger partial charge in [-0.25, -0.2) is 0 Å². The highest BCUT2D eigenvalue weighted by atomic mass is 16.2. The predicted molar refractivity (Wildman–Crippen MR) is 82.2 cm³/mol. The van der Waals surface area contributed by atoms with Gasteiger partial charge in [0, 0.05) is 30.4 Å². The van der Waals surface area contributed by atoms with Gasteiger partial charge in [-0.3, -0.25) is 4.79 Å². The third-order valence-corrected chi connectivity index (χ3v) is 4.69. The highest BCUT2D eigenvalue weighted by Gasteiger charge is 2.28. The molecule has 1 aliphatic heterocycles. The van der Waals surface area contributed by atoms with Crippen LogP contribution in [0.4, 0.5) is 5.69 Å². The molecule has 1 saturated carbocycles. The molecule has 1 heterocycles. The second-order valence-electron chi connectivity index (χ2n) is 5.89. The van der Waals surface area contributed by atoms with E-state index in [2.05, 4.69) is 23.2 Å². The van der Waals surface area contributed by atoms with Crippen molar-refractivity contribution in [2.75, 3.05) is 18.4 Å². The molecule has 1 aromatic rings. The lowest BCUT2D eigenvalue weighted by Crippen LogP contribution is -2.39. The molecule has 0 aromatic heterocycles. The highest BCUT2D eigenvalue weighted by Crippen LogP contribution is 2.29. The van der Waals surface area contributed by atoms with Gasteiger partial charge in [-0.15, -0.1) is 0 Å². The summed E-state index contributed by atoms with van der Waals surface area (Å²) in [7, 11) is 0. The lowest BCUT2D eigenvalue weighted by Gasteiger charge is -2.30. The number of hydrogen-bond acceptors (Lipinski definition) is 2. The smallest absolute Gasteiger partial charge is 0.254 e. The molecule has 3 nitrogen and oxygen atoms in total. The Labute approximate surface area is 121 Å². The Bertz CT molecular complexity index is 492. The summed E-state index contributed by atoms with van der Waals surface area (Å²) >= 11 is 0. The van der Waals surface area contributed by atoms with Crippen molar-refractivity contribution >= 4 is 11.6 Å². The summed E-state index contributed by atoms with van der Waals surface area (Å²) in [5, 5.41) is 3.41. The first-order valence-corrected chi connectivity index (χ1v) is 7.98. The average Bonchev–Trinajstić information content (AvgIpc) is 3.01. The van der Waals surface area contributed by atoms with Crippen LogP contribution in [0, 0.1) is 0 Å². The Hall–Kier alpha value is -1.51. The van der Waals surface area contributed by atoms with E-state index in [-0.39, 0.29) is 5.91 Å². The number of carbonyl (C=O) groups is 1. The van der Waals surface area contributed by atoms with Gasteiger partial charge in [-0.05, 0) is 50.3 Å². The maximum Gasteiger partial charge on any atom is 0.254 e. The van der Waals surface area contributed by atoms with E-state index in [0.717, 1.165) is 37.2 Å². The molecule has 1 fully saturated rings. The zero-order valence-electron chi connectivity index (χ0n) is 12.3. The van der Waals surface area contributed by atoms with Gasteiger partial charge in [-0.2, -0.15) is 0 Å². The summed E-state index contributed by atoms with van der Waals surface area (Å²) in [5.74, 6) is 0.236. The van der Waals surface area contributed by atoms with Crippen molar-refractivity contribution in [3.05, 3.63) is 29.3 Å². The average molecular weight is 272 g/mol. The number of fused-ring (bicyclic) bond motifs is 1. The number of amides is 1. The highest BCUT2D eigenvalue weighted by molar-refractivity contribution is 5.97. The summed E-state index contributed by atoms with van der Waals surface area (Å²) < 4.78 is 0. The van der Waals surface area contributed by atoms with Crippen LogP contribution in [0.25, 0.3) is 0 Å². The van der Waals surface area contributed by atoms with E-state index in [4.69, 9.17) is 0 Å². The summed E-state index contributed by atoms with van der Waals surface area (Å²) in [5.41, 5.74) is 3.30. The summed E-state index contributed by atoms with van der Waals surface area (Å²) in [6.07, 6.45) is 7.02. The quantitative estimate of drug-likeness (QED) is 0.914. The van der Waals surface area contributed by atoms with E-state index in [1.54, 1.807) is 0 Å². The van der Waals surface area contributed by atoms with E-state index in [9.17, 15) is 4.79 Å². The van der Waals surface area contributed by atoms with Gasteiger partial charge < -0.3 is 10.2 Å². The van der Waals surface area contributed by atoms with Crippen LogP contribution in [0.1, 0.15) is 54.9 Å². The van der Waals surface area contributed by atoms with Crippen LogP contribution >= 0.6 is 0 Å². The zero-order valence-corrected chi connectivity index (χ0v) is 12.3. The van der Waals surface area contributed by atoms with E-state index in [1.165, 1.54) is 31.2 Å². The van der Waals surface area contributed by atoms with Crippen molar-refractivity contribution < 1.29 is 4.79 Å². The maximum absolute atomic E-state index is 12.9. The summed E-state index contributed by atoms with van der Waals surface area (Å²) in [6.45, 7) is 3.94. The second kappa shape index (κ2) is 5.86. The van der Waals surface area contributed by atoms with Crippen molar-refractivity contribution in [3.63, 3.8) is 0 Å². The fraction of sp³-hybridized carbons (Fsp3) is 0.588. The number of nitrogens with one attached hydrogen (secondary N) is 1. The van der Waals surface area contributed by atoms with E-state index in [1.807, 2.05) is 12.1 Å². The molecular weight excluding hydrogens is 248 g/mol. The minimum Gasteiger partial charge on any atom is -0.385 e. The van der Waals surface area contributed by atoms with E-state index in [0.29, 0.717) is 6.04 Å². The number of hydrogen-bond donors (Lipinski definition) is 1. The molecule has 20 heavy (non-hydrogen) atoms. The van der Waals surface area contributed by atoms with Gasteiger partial charge in [0.05, 0.1) is 0 Å². The van der Waals surface area contributed by atoms with E-state index < -0.39 is 0 Å². The Kier molecular flexibility index (Phi) is 3.95. The monoisotopic (exact) mass is 272 g/mol. The van der Waals surface area contributed by atoms with Crippen molar-refractivity contribution in [1.29, 1.82) is 0 Å². The normalized spacial score (nSPS) is 18.4. The molecular formula is C17H24N2O. The largest absolute Gasteiger partial charge is 0.385 e. The lowest BCUT2D eigenvalue weighted by molar-refractivity contribution is 0.0692. The van der Waals surface area contributed by atoms with Crippen molar-refractivity contribution in [2.24, 2.45) is 0 Å². The molecule has 0 radical (unpaired) electrons. The number of carbonyl (C=O) groups excluding carboxylic acids is 1.